The fourth-order valence-corrected chi connectivity index (χ4v) is 4.04. The number of ether oxygens (including phenoxy) is 1. The van der Waals surface area contributed by atoms with E-state index in [1.807, 2.05) is 51.1 Å². The molecule has 1 saturated carbocycles. The van der Waals surface area contributed by atoms with E-state index in [-0.39, 0.29) is 18.9 Å². The molecule has 0 bridgehead atoms. The van der Waals surface area contributed by atoms with Gasteiger partial charge < -0.3 is 20.5 Å². The summed E-state index contributed by atoms with van der Waals surface area (Å²) in [6.07, 6.45) is -0.803. The van der Waals surface area contributed by atoms with Crippen LogP contribution in [0.25, 0.3) is 0 Å². The second-order valence-corrected chi connectivity index (χ2v) is 8.39. The summed E-state index contributed by atoms with van der Waals surface area (Å²) in [5.74, 6) is 4.45. The molecule has 1 aromatic carbocycles. The topological polar surface area (TPSA) is 143 Å². The van der Waals surface area contributed by atoms with Crippen LogP contribution in [0, 0.1) is 11.3 Å². The van der Waals surface area contributed by atoms with Gasteiger partial charge in [-0.2, -0.15) is 0 Å². The first-order valence-corrected chi connectivity index (χ1v) is 9.58. The van der Waals surface area contributed by atoms with E-state index in [0.29, 0.717) is 12.8 Å². The molecule has 0 aliphatic heterocycles. The van der Waals surface area contributed by atoms with Crippen LogP contribution >= 0.6 is 0 Å². The molecule has 0 heterocycles. The summed E-state index contributed by atoms with van der Waals surface area (Å²) in [5.41, 5.74) is 1.51. The van der Waals surface area contributed by atoms with Crippen LogP contribution in [0.4, 0.5) is 9.59 Å². The van der Waals surface area contributed by atoms with E-state index in [0.717, 1.165) is 5.56 Å². The van der Waals surface area contributed by atoms with Crippen molar-refractivity contribution in [2.45, 2.75) is 58.2 Å². The lowest BCUT2D eigenvalue weighted by molar-refractivity contribution is -0.127. The van der Waals surface area contributed by atoms with E-state index >= 15 is 0 Å². The van der Waals surface area contributed by atoms with Crippen LogP contribution in [0.1, 0.15) is 45.6 Å². The number of hydrogen-bond acceptors (Lipinski definition) is 5. The Bertz CT molecular complexity index is 734. The van der Waals surface area contributed by atoms with E-state index < -0.39 is 35.1 Å². The molecule has 0 radical (unpaired) electrons. The van der Waals surface area contributed by atoms with Crippen LogP contribution in [0.2, 0.25) is 0 Å². The second kappa shape index (κ2) is 9.13. The smallest absolute Gasteiger partial charge is 0.407 e. The Morgan fingerprint density at radius 1 is 1.24 bits per heavy atom. The number of benzene rings is 1. The minimum atomic E-state index is -1.23. The molecule has 1 aliphatic carbocycles. The monoisotopic (exact) mass is 406 g/mol. The molecule has 0 aromatic heterocycles. The number of hydrogen-bond donors (Lipinski definition) is 5. The second-order valence-electron chi connectivity index (χ2n) is 8.39. The summed E-state index contributed by atoms with van der Waals surface area (Å²) in [6.45, 7) is 5.86. The van der Waals surface area contributed by atoms with E-state index in [2.05, 4.69) is 16.1 Å². The van der Waals surface area contributed by atoms with Gasteiger partial charge in [-0.1, -0.05) is 51.1 Å². The number of nitrogens with two attached hydrogens (primary N) is 1. The van der Waals surface area contributed by atoms with Gasteiger partial charge in [-0.3, -0.25) is 10.2 Å². The zero-order chi connectivity index (χ0) is 21.7. The summed E-state index contributed by atoms with van der Waals surface area (Å²) in [7, 11) is 0. The van der Waals surface area contributed by atoms with Gasteiger partial charge in [0.05, 0.1) is 11.6 Å². The Kier molecular flexibility index (Phi) is 7.07. The third-order valence-corrected chi connectivity index (χ3v) is 5.69. The van der Waals surface area contributed by atoms with Crippen LogP contribution in [0.15, 0.2) is 30.3 Å². The quantitative estimate of drug-likeness (QED) is 0.288. The predicted molar refractivity (Wildman–Crippen MR) is 107 cm³/mol. The van der Waals surface area contributed by atoms with E-state index in [9.17, 15) is 19.5 Å². The first-order chi connectivity index (χ1) is 13.6. The van der Waals surface area contributed by atoms with Crippen molar-refractivity contribution in [1.29, 1.82) is 0 Å². The van der Waals surface area contributed by atoms with Crippen LogP contribution in [-0.4, -0.2) is 34.8 Å². The Morgan fingerprint density at radius 3 is 2.45 bits per heavy atom. The van der Waals surface area contributed by atoms with Crippen molar-refractivity contribution in [3.05, 3.63) is 35.9 Å². The predicted octanol–water partition coefficient (Wildman–Crippen LogP) is 2.12. The van der Waals surface area contributed by atoms with Crippen LogP contribution in [0.5, 0.6) is 0 Å². The van der Waals surface area contributed by atoms with Crippen LogP contribution in [0.3, 0.4) is 0 Å². The van der Waals surface area contributed by atoms with Crippen molar-refractivity contribution >= 4 is 18.1 Å². The number of carbonyl (C=O) groups is 3. The third-order valence-electron chi connectivity index (χ3n) is 5.69. The SMILES string of the molecule is CC(C)(C)[C@@]1(NC(=O)OCc2ccccc2)CC[C@H](C(=O)NN)C[C@H]1NC(=O)O. The van der Waals surface area contributed by atoms with Gasteiger partial charge in [0.15, 0.2) is 0 Å². The molecule has 3 atom stereocenters. The molecule has 160 valence electrons. The molecule has 29 heavy (non-hydrogen) atoms. The molecule has 2 rings (SSSR count). The summed E-state index contributed by atoms with van der Waals surface area (Å²) in [4.78, 5) is 36.1. The molecule has 9 nitrogen and oxygen atoms in total. The third kappa shape index (κ3) is 5.38. The standard InChI is InChI=1S/C20H30N4O5/c1-19(2,3)20(23-18(28)29-12-13-7-5-4-6-8-13)10-9-14(16(25)24-21)11-15(20)22-17(26)27/h4-8,14-15,22H,9-12,21H2,1-3H3,(H,23,28)(H,24,25)(H,26,27)/t14-,15+,20+/m0/s1. The number of nitrogens with one attached hydrogen (secondary N) is 3. The van der Waals surface area contributed by atoms with Crippen LogP contribution in [-0.2, 0) is 16.1 Å². The lowest BCUT2D eigenvalue weighted by Crippen LogP contribution is -2.70. The number of alkyl carbamates (subject to hydrolysis) is 1. The van der Waals surface area contributed by atoms with E-state index in [1.165, 1.54) is 0 Å². The zero-order valence-corrected chi connectivity index (χ0v) is 17.0. The van der Waals surface area contributed by atoms with Crippen molar-refractivity contribution in [1.82, 2.24) is 16.1 Å². The maximum atomic E-state index is 12.6. The number of hydrazine groups is 1. The first kappa shape index (κ1) is 22.5. The molecule has 1 aromatic rings. The Labute approximate surface area is 170 Å². The summed E-state index contributed by atoms with van der Waals surface area (Å²) in [6, 6.07) is 8.57. The number of carbonyl (C=O) groups excluding carboxylic acids is 2. The highest BCUT2D eigenvalue weighted by Gasteiger charge is 2.53. The Hall–Kier alpha value is -2.81. The van der Waals surface area contributed by atoms with E-state index in [1.54, 1.807) is 0 Å². The maximum absolute atomic E-state index is 12.6. The molecule has 9 heteroatoms. The number of carboxylic acid groups (broad SMARTS) is 1. The highest BCUT2D eigenvalue weighted by molar-refractivity contribution is 5.78. The van der Waals surface area contributed by atoms with Crippen molar-refractivity contribution in [3.63, 3.8) is 0 Å². The lowest BCUT2D eigenvalue weighted by atomic mass is 9.60. The molecule has 1 aliphatic rings. The average Bonchev–Trinajstić information content (AvgIpc) is 2.66. The molecule has 6 N–H and O–H groups in total. The van der Waals surface area contributed by atoms with Crippen molar-refractivity contribution in [2.75, 3.05) is 0 Å². The highest BCUT2D eigenvalue weighted by Crippen LogP contribution is 2.44. The molecule has 0 spiro atoms. The van der Waals surface area contributed by atoms with Gasteiger partial charge in [-0.25, -0.2) is 15.4 Å². The van der Waals surface area contributed by atoms with E-state index in [4.69, 9.17) is 10.6 Å². The van der Waals surface area contributed by atoms with Gasteiger partial charge in [-0.05, 0) is 30.2 Å². The maximum Gasteiger partial charge on any atom is 0.407 e. The molecular formula is C20H30N4O5. The van der Waals surface area contributed by atoms with Gasteiger partial charge in [0.25, 0.3) is 0 Å². The molecule has 0 unspecified atom stereocenters. The molecule has 0 saturated heterocycles. The van der Waals surface area contributed by atoms with Crippen LogP contribution < -0.4 is 21.9 Å². The fourth-order valence-electron chi connectivity index (χ4n) is 4.04. The Balaban J connectivity index is 2.22. The minimum Gasteiger partial charge on any atom is -0.465 e. The van der Waals surface area contributed by atoms with Crippen molar-refractivity contribution in [3.8, 4) is 0 Å². The molecule has 1 fully saturated rings. The fraction of sp³-hybridized carbons (Fsp3) is 0.550. The summed E-state index contributed by atoms with van der Waals surface area (Å²) >= 11 is 0. The summed E-state index contributed by atoms with van der Waals surface area (Å²) in [5, 5.41) is 14.8. The van der Waals surface area contributed by atoms with Gasteiger partial charge >= 0.3 is 12.2 Å². The van der Waals surface area contributed by atoms with Gasteiger partial charge in [0.2, 0.25) is 5.91 Å². The Morgan fingerprint density at radius 2 is 1.90 bits per heavy atom. The average molecular weight is 406 g/mol. The summed E-state index contributed by atoms with van der Waals surface area (Å²) < 4.78 is 5.38. The lowest BCUT2D eigenvalue weighted by Gasteiger charge is -2.53. The highest BCUT2D eigenvalue weighted by atomic mass is 16.5. The van der Waals surface area contributed by atoms with Gasteiger partial charge in [0, 0.05) is 5.92 Å². The minimum absolute atomic E-state index is 0.0993. The molecular weight excluding hydrogens is 376 g/mol. The molecule has 3 amide bonds. The van der Waals surface area contributed by atoms with Crippen molar-refractivity contribution < 1.29 is 24.2 Å². The van der Waals surface area contributed by atoms with Gasteiger partial charge in [-0.15, -0.1) is 0 Å². The van der Waals surface area contributed by atoms with Crippen molar-refractivity contribution in [2.24, 2.45) is 17.2 Å². The van der Waals surface area contributed by atoms with Gasteiger partial charge in [0.1, 0.15) is 6.61 Å². The first-order valence-electron chi connectivity index (χ1n) is 9.58. The largest absolute Gasteiger partial charge is 0.465 e. The number of amides is 3. The number of rotatable bonds is 5. The normalized spacial score (nSPS) is 24.3. The zero-order valence-electron chi connectivity index (χ0n) is 17.0.